The van der Waals surface area contributed by atoms with Crippen molar-refractivity contribution in [3.63, 3.8) is 0 Å². The fraction of sp³-hybridized carbons (Fsp3) is 0.167. The average molecular weight is 178 g/mol. The highest BCUT2D eigenvalue weighted by Gasteiger charge is 2.30. The molecule has 0 saturated carbocycles. The van der Waals surface area contributed by atoms with E-state index in [2.05, 4.69) is 17.6 Å². The Balaban J connectivity index is 3.06. The SMILES string of the molecule is FC(F)(F)c1cncc([S-])c1. The van der Waals surface area contributed by atoms with Crippen molar-refractivity contribution in [3.8, 4) is 0 Å². The van der Waals surface area contributed by atoms with Gasteiger partial charge in [-0.3, -0.25) is 4.98 Å². The summed E-state index contributed by atoms with van der Waals surface area (Å²) < 4.78 is 35.6. The second-order valence-electron chi connectivity index (χ2n) is 1.91. The Bertz CT molecular complexity index is 258. The van der Waals surface area contributed by atoms with Gasteiger partial charge in [0.15, 0.2) is 0 Å². The molecule has 1 nitrogen and oxygen atoms in total. The van der Waals surface area contributed by atoms with Gasteiger partial charge in [-0.25, -0.2) is 0 Å². The van der Waals surface area contributed by atoms with Crippen LogP contribution in [0, 0.1) is 0 Å². The van der Waals surface area contributed by atoms with Crippen molar-refractivity contribution in [1.29, 1.82) is 0 Å². The first-order chi connectivity index (χ1) is 5.00. The van der Waals surface area contributed by atoms with Crippen LogP contribution in [0.5, 0.6) is 0 Å². The molecular formula is C6H3F3NS-. The summed E-state index contributed by atoms with van der Waals surface area (Å²) in [6.07, 6.45) is -2.40. The molecule has 0 radical (unpaired) electrons. The van der Waals surface area contributed by atoms with E-state index in [1.54, 1.807) is 0 Å². The molecule has 0 spiro atoms. The highest BCUT2D eigenvalue weighted by Crippen LogP contribution is 2.28. The Morgan fingerprint density at radius 2 is 1.91 bits per heavy atom. The smallest absolute Gasteiger partial charge is 0.417 e. The summed E-state index contributed by atoms with van der Waals surface area (Å²) in [7, 11) is 0. The van der Waals surface area contributed by atoms with Gasteiger partial charge >= 0.3 is 6.18 Å². The topological polar surface area (TPSA) is 12.9 Å². The van der Waals surface area contributed by atoms with E-state index in [1.807, 2.05) is 0 Å². The van der Waals surface area contributed by atoms with E-state index in [9.17, 15) is 13.2 Å². The molecule has 60 valence electrons. The minimum absolute atomic E-state index is 0.0971. The van der Waals surface area contributed by atoms with Gasteiger partial charge in [0.05, 0.1) is 5.56 Å². The lowest BCUT2D eigenvalue weighted by molar-refractivity contribution is -0.138. The second kappa shape index (κ2) is 2.65. The maximum Gasteiger partial charge on any atom is 0.417 e. The summed E-state index contributed by atoms with van der Waals surface area (Å²) in [5.41, 5.74) is -0.801. The summed E-state index contributed by atoms with van der Waals surface area (Å²) in [6, 6.07) is 0.877. The van der Waals surface area contributed by atoms with Crippen LogP contribution in [0.1, 0.15) is 5.56 Å². The van der Waals surface area contributed by atoms with Gasteiger partial charge in [-0.05, 0) is 0 Å². The molecule has 0 aliphatic rings. The number of pyridine rings is 1. The molecule has 11 heavy (non-hydrogen) atoms. The summed E-state index contributed by atoms with van der Waals surface area (Å²) in [4.78, 5) is 3.42. The van der Waals surface area contributed by atoms with E-state index < -0.39 is 11.7 Å². The van der Waals surface area contributed by atoms with Crippen molar-refractivity contribution in [2.45, 2.75) is 11.1 Å². The van der Waals surface area contributed by atoms with E-state index in [0.717, 1.165) is 12.3 Å². The second-order valence-corrected chi connectivity index (χ2v) is 2.38. The Morgan fingerprint density at radius 1 is 1.27 bits per heavy atom. The van der Waals surface area contributed by atoms with Crippen molar-refractivity contribution in [1.82, 2.24) is 4.98 Å². The minimum atomic E-state index is -4.35. The van der Waals surface area contributed by atoms with Crippen molar-refractivity contribution in [2.24, 2.45) is 0 Å². The monoisotopic (exact) mass is 178 g/mol. The molecule has 0 saturated heterocycles. The maximum atomic E-state index is 11.9. The zero-order valence-electron chi connectivity index (χ0n) is 5.22. The molecule has 1 rings (SSSR count). The Kier molecular flexibility index (Phi) is 1.99. The number of halogens is 3. The predicted octanol–water partition coefficient (Wildman–Crippen LogP) is 2.01. The van der Waals surface area contributed by atoms with Crippen LogP contribution in [0.15, 0.2) is 23.4 Å². The van der Waals surface area contributed by atoms with E-state index >= 15 is 0 Å². The van der Waals surface area contributed by atoms with Gasteiger partial charge < -0.3 is 12.6 Å². The average Bonchev–Trinajstić information content (AvgIpc) is 1.86. The molecule has 0 bridgehead atoms. The van der Waals surface area contributed by atoms with Crippen molar-refractivity contribution in [3.05, 3.63) is 24.0 Å². The highest BCUT2D eigenvalue weighted by molar-refractivity contribution is 7.58. The predicted molar refractivity (Wildman–Crippen MR) is 34.9 cm³/mol. The van der Waals surface area contributed by atoms with E-state index in [0.29, 0.717) is 0 Å². The molecule has 0 N–H and O–H groups in total. The van der Waals surface area contributed by atoms with Gasteiger partial charge in [0, 0.05) is 12.4 Å². The standard InChI is InChI=1S/C6H4F3NS/c7-6(8,9)4-1-5(11)3-10-2-4/h1-3,11H/p-1. The molecular weight excluding hydrogens is 175 g/mol. The van der Waals surface area contributed by atoms with Crippen LogP contribution in [0.4, 0.5) is 13.2 Å². The maximum absolute atomic E-state index is 11.9. The fourth-order valence-corrected chi connectivity index (χ4v) is 0.762. The number of hydrogen-bond donors (Lipinski definition) is 0. The third-order valence-corrected chi connectivity index (χ3v) is 1.26. The Hall–Kier alpha value is -0.840. The van der Waals surface area contributed by atoms with E-state index in [-0.39, 0.29) is 4.90 Å². The zero-order chi connectivity index (χ0) is 8.48. The van der Waals surface area contributed by atoms with Crippen molar-refractivity contribution >= 4 is 12.6 Å². The molecule has 1 heterocycles. The molecule has 1 aromatic heterocycles. The lowest BCUT2D eigenvalue weighted by atomic mass is 10.3. The van der Waals surface area contributed by atoms with Gasteiger partial charge in [-0.15, -0.1) is 0 Å². The van der Waals surface area contributed by atoms with E-state index in [4.69, 9.17) is 0 Å². The largest absolute Gasteiger partial charge is 0.778 e. The summed E-state index contributed by atoms with van der Waals surface area (Å²) >= 11 is 4.51. The third kappa shape index (κ3) is 2.04. The Morgan fingerprint density at radius 3 is 2.27 bits per heavy atom. The first-order valence-corrected chi connectivity index (χ1v) is 3.10. The minimum Gasteiger partial charge on any atom is -0.778 e. The number of aromatic nitrogens is 1. The first kappa shape index (κ1) is 8.26. The van der Waals surface area contributed by atoms with Gasteiger partial charge in [0.1, 0.15) is 0 Å². The molecule has 0 aromatic carbocycles. The fourth-order valence-electron chi connectivity index (χ4n) is 0.574. The number of alkyl halides is 3. The van der Waals surface area contributed by atoms with Gasteiger partial charge in [0.2, 0.25) is 0 Å². The van der Waals surface area contributed by atoms with Crippen LogP contribution in [0.3, 0.4) is 0 Å². The number of hydrogen-bond acceptors (Lipinski definition) is 2. The van der Waals surface area contributed by atoms with Crippen LogP contribution in [0.2, 0.25) is 0 Å². The quantitative estimate of drug-likeness (QED) is 0.563. The highest BCUT2D eigenvalue weighted by atomic mass is 32.1. The van der Waals surface area contributed by atoms with Crippen LogP contribution in [-0.2, 0) is 18.8 Å². The van der Waals surface area contributed by atoms with E-state index in [1.165, 1.54) is 6.20 Å². The zero-order valence-corrected chi connectivity index (χ0v) is 6.04. The molecule has 0 unspecified atom stereocenters. The molecule has 5 heteroatoms. The number of rotatable bonds is 0. The molecule has 1 aromatic rings. The molecule has 0 fully saturated rings. The summed E-state index contributed by atoms with van der Waals surface area (Å²) in [5, 5.41) is 0. The van der Waals surface area contributed by atoms with Crippen LogP contribution in [0.25, 0.3) is 0 Å². The van der Waals surface area contributed by atoms with Gasteiger partial charge in [-0.1, -0.05) is 6.07 Å². The molecule has 0 aliphatic carbocycles. The molecule has 0 atom stereocenters. The summed E-state index contributed by atoms with van der Waals surface area (Å²) in [5.74, 6) is 0. The van der Waals surface area contributed by atoms with Crippen LogP contribution < -0.4 is 0 Å². The van der Waals surface area contributed by atoms with Gasteiger partial charge in [0.25, 0.3) is 0 Å². The Labute approximate surface area is 66.7 Å². The van der Waals surface area contributed by atoms with Crippen LogP contribution >= 0.6 is 0 Å². The number of nitrogens with zero attached hydrogens (tertiary/aromatic N) is 1. The molecule has 0 amide bonds. The normalized spacial score (nSPS) is 11.5. The first-order valence-electron chi connectivity index (χ1n) is 2.69. The lowest BCUT2D eigenvalue weighted by Gasteiger charge is -2.09. The van der Waals surface area contributed by atoms with Crippen molar-refractivity contribution < 1.29 is 13.2 Å². The third-order valence-electron chi connectivity index (χ3n) is 1.04. The van der Waals surface area contributed by atoms with Crippen molar-refractivity contribution in [2.75, 3.05) is 0 Å². The lowest BCUT2D eigenvalue weighted by Crippen LogP contribution is -2.05. The van der Waals surface area contributed by atoms with Gasteiger partial charge in [-0.2, -0.15) is 18.1 Å². The molecule has 0 aliphatic heterocycles. The summed E-state index contributed by atoms with van der Waals surface area (Å²) in [6.45, 7) is 0. The van der Waals surface area contributed by atoms with Crippen LogP contribution in [-0.4, -0.2) is 4.98 Å².